The van der Waals surface area contributed by atoms with Gasteiger partial charge < -0.3 is 33.6 Å². The van der Waals surface area contributed by atoms with Gasteiger partial charge in [-0.1, -0.05) is 61.4 Å². The Morgan fingerprint density at radius 1 is 0.958 bits per heavy atom. The summed E-state index contributed by atoms with van der Waals surface area (Å²) in [4.78, 5) is 45.6. The van der Waals surface area contributed by atoms with E-state index in [1.807, 2.05) is 74.7 Å². The zero-order valence-corrected chi connectivity index (χ0v) is 46.8. The summed E-state index contributed by atoms with van der Waals surface area (Å²) in [5, 5.41) is 10.1. The largest absolute Gasteiger partial charge is 0.491 e. The maximum absolute atomic E-state index is 15.0. The van der Waals surface area contributed by atoms with Crippen molar-refractivity contribution >= 4 is 69.8 Å². The van der Waals surface area contributed by atoms with Crippen LogP contribution in [0.2, 0.25) is 25.7 Å². The Balaban J connectivity index is 1.19. The highest BCUT2D eigenvalue weighted by molar-refractivity contribution is 7.16. The smallest absolute Gasteiger partial charge is 0.410 e. The van der Waals surface area contributed by atoms with Gasteiger partial charge in [0.2, 0.25) is 0 Å². The van der Waals surface area contributed by atoms with Crippen molar-refractivity contribution in [2.75, 3.05) is 79.1 Å². The predicted molar refractivity (Wildman–Crippen MR) is 289 cm³/mol. The lowest BCUT2D eigenvalue weighted by atomic mass is 10.0. The number of methoxy groups -OCH3 is 1. The molecule has 0 atom stereocenters. The van der Waals surface area contributed by atoms with Crippen molar-refractivity contribution in [1.82, 2.24) is 34.4 Å². The Kier molecular flexibility index (Phi) is 20.3. The highest BCUT2D eigenvalue weighted by Gasteiger charge is 2.29. The Morgan fingerprint density at radius 2 is 1.71 bits per heavy atom. The number of fused-ring (bicyclic) bond motifs is 1. The van der Waals surface area contributed by atoms with Crippen LogP contribution in [0.25, 0.3) is 10.2 Å². The first-order valence-corrected chi connectivity index (χ1v) is 30.3. The maximum Gasteiger partial charge on any atom is 0.410 e. The van der Waals surface area contributed by atoms with Crippen LogP contribution in [0.1, 0.15) is 85.8 Å². The van der Waals surface area contributed by atoms with Crippen molar-refractivity contribution in [3.63, 3.8) is 0 Å². The number of nitrogens with zero attached hydrogens (tertiary/aromatic N) is 9. The molecular weight excluding hydrogens is 970 g/mol. The van der Waals surface area contributed by atoms with Crippen molar-refractivity contribution in [1.29, 1.82) is 0 Å². The average molecular weight is 1040 g/mol. The Morgan fingerprint density at radius 3 is 2.40 bits per heavy atom. The molecule has 0 N–H and O–H groups in total. The number of esters is 1. The molecule has 0 aliphatic carbocycles. The molecule has 72 heavy (non-hydrogen) atoms. The molecule has 0 radical (unpaired) electrons. The number of carbonyl (C=O) groups is 2. The molecule has 1 fully saturated rings. The molecule has 0 saturated carbocycles. The van der Waals surface area contributed by atoms with E-state index in [1.54, 1.807) is 23.5 Å². The lowest BCUT2D eigenvalue weighted by molar-refractivity contribution is 0.0156. The van der Waals surface area contributed by atoms with Gasteiger partial charge in [0, 0.05) is 50.8 Å². The fourth-order valence-electron chi connectivity index (χ4n) is 7.97. The molecule has 1 aliphatic rings. The number of amides is 1. The summed E-state index contributed by atoms with van der Waals surface area (Å²) < 4.78 is 41.1. The van der Waals surface area contributed by atoms with Crippen LogP contribution < -0.4 is 14.4 Å². The van der Waals surface area contributed by atoms with Gasteiger partial charge in [0.25, 0.3) is 0 Å². The van der Waals surface area contributed by atoms with Crippen molar-refractivity contribution in [3.8, 4) is 17.6 Å². The molecule has 0 bridgehead atoms. The van der Waals surface area contributed by atoms with Gasteiger partial charge in [0.15, 0.2) is 38.8 Å². The number of ether oxygens (including phenoxy) is 4. The number of hydrogen-bond acceptors (Lipinski definition) is 15. The Labute approximate surface area is 434 Å². The van der Waals surface area contributed by atoms with E-state index in [-0.39, 0.29) is 24.1 Å². The highest BCUT2D eigenvalue weighted by atomic mass is 32.1. The number of benzene rings is 2. The second-order valence-electron chi connectivity index (χ2n) is 20.7. The molecular formula is C53H74FN9O6S2Si. The van der Waals surface area contributed by atoms with Gasteiger partial charge in [-0.15, -0.1) is 21.5 Å². The van der Waals surface area contributed by atoms with Crippen LogP contribution >= 0.6 is 22.7 Å². The Bertz CT molecular complexity index is 2730. The second-order valence-corrected chi connectivity index (χ2v) is 28.4. The number of halogens is 1. The standard InChI is InChI=1S/C53H74FN9O6S2Si/c1-38-35-46(57-58-48(38)56-51-63(37-67-33-34-72(9,10)11)42-20-13-14-21-44(42)70-51)62(29-16-12-15-28-60(7)40-25-30-61(31-26-40)52(65)69-53(2,3)4)50-55-47(49(64)66-8)45(71-50)22-18-32-68-43-24-23-39(36-41(43)54)19-17-27-59(5)6/h13-14,20-21,23-24,35-36,40H,12,15-16,18,22,25-34,37H2,1-11H3/b56-51-. The van der Waals surface area contributed by atoms with Gasteiger partial charge in [-0.3, -0.25) is 9.47 Å². The van der Waals surface area contributed by atoms with Crippen LogP contribution in [0.15, 0.2) is 53.5 Å². The third-order valence-electron chi connectivity index (χ3n) is 12.0. The van der Waals surface area contributed by atoms with Crippen LogP contribution in [-0.2, 0) is 27.4 Å². The van der Waals surface area contributed by atoms with Gasteiger partial charge in [-0.25, -0.2) is 19.0 Å². The number of thiazole rings is 2. The third kappa shape index (κ3) is 16.6. The number of anilines is 2. The van der Waals surface area contributed by atoms with Crippen LogP contribution in [0.3, 0.4) is 0 Å². The van der Waals surface area contributed by atoms with E-state index in [9.17, 15) is 9.59 Å². The Hall–Kier alpha value is -5.23. The van der Waals surface area contributed by atoms with Gasteiger partial charge in [-0.05, 0) is 142 Å². The summed E-state index contributed by atoms with van der Waals surface area (Å²) >= 11 is 2.99. The van der Waals surface area contributed by atoms with Crippen molar-refractivity contribution < 1.29 is 32.9 Å². The van der Waals surface area contributed by atoms with Gasteiger partial charge in [0.1, 0.15) is 12.3 Å². The van der Waals surface area contributed by atoms with Crippen LogP contribution in [0, 0.1) is 24.6 Å². The molecule has 2 aromatic carbocycles. The number of hydrogen-bond donors (Lipinski definition) is 0. The van der Waals surface area contributed by atoms with Gasteiger partial charge in [0.05, 0.1) is 30.5 Å². The minimum Gasteiger partial charge on any atom is -0.491 e. The maximum atomic E-state index is 15.0. The van der Waals surface area contributed by atoms with E-state index in [0.717, 1.165) is 70.2 Å². The van der Waals surface area contributed by atoms with Crippen molar-refractivity contribution in [3.05, 3.63) is 80.8 Å². The number of rotatable bonds is 22. The molecule has 19 heteroatoms. The molecule has 0 unspecified atom stereocenters. The zero-order chi connectivity index (χ0) is 52.0. The summed E-state index contributed by atoms with van der Waals surface area (Å²) in [5.41, 5.74) is 2.17. The average Bonchev–Trinajstić information content (AvgIpc) is 3.91. The summed E-state index contributed by atoms with van der Waals surface area (Å²) in [6, 6.07) is 16.4. The fourth-order valence-corrected chi connectivity index (χ4v) is 10.9. The van der Waals surface area contributed by atoms with Crippen LogP contribution in [0.5, 0.6) is 5.75 Å². The van der Waals surface area contributed by atoms with E-state index >= 15 is 4.39 Å². The van der Waals surface area contributed by atoms with E-state index < -0.39 is 25.5 Å². The topological polar surface area (TPSA) is 140 Å². The molecule has 1 aliphatic heterocycles. The number of carbonyl (C=O) groups excluding carboxylic acids is 2. The lowest BCUT2D eigenvalue weighted by Gasteiger charge is -2.37. The van der Waals surface area contributed by atoms with E-state index in [4.69, 9.17) is 39.1 Å². The molecule has 4 heterocycles. The molecule has 0 spiro atoms. The molecule has 3 aromatic heterocycles. The van der Waals surface area contributed by atoms with Crippen LogP contribution in [-0.4, -0.2) is 140 Å². The first kappa shape index (κ1) is 56.1. The number of unbranched alkanes of at least 4 members (excludes halogenated alkanes) is 2. The minimum atomic E-state index is -1.27. The number of aryl methyl sites for hydroxylation is 2. The van der Waals surface area contributed by atoms with Gasteiger partial charge >= 0.3 is 12.1 Å². The third-order valence-corrected chi connectivity index (χ3v) is 15.9. The molecule has 1 amide bonds. The molecule has 5 aromatic rings. The molecule has 15 nitrogen and oxygen atoms in total. The quantitative estimate of drug-likeness (QED) is 0.0282. The zero-order valence-electron chi connectivity index (χ0n) is 44.2. The summed E-state index contributed by atoms with van der Waals surface area (Å²) in [5.74, 6) is 6.21. The summed E-state index contributed by atoms with van der Waals surface area (Å²) in [7, 11) is 6.10. The minimum absolute atomic E-state index is 0.143. The normalized spacial score (nSPS) is 13.8. The number of aromatic nitrogens is 4. The van der Waals surface area contributed by atoms with Gasteiger partial charge in [-0.2, -0.15) is 4.99 Å². The summed E-state index contributed by atoms with van der Waals surface area (Å²) in [6.07, 6.45) is 5.23. The predicted octanol–water partition coefficient (Wildman–Crippen LogP) is 10.3. The number of likely N-dealkylation sites (tertiary alicyclic amines) is 1. The second kappa shape index (κ2) is 26.1. The highest BCUT2D eigenvalue weighted by Crippen LogP contribution is 2.34. The molecule has 6 rings (SSSR count). The number of para-hydroxylation sites is 1. The van der Waals surface area contributed by atoms with E-state index in [2.05, 4.69) is 60.1 Å². The monoisotopic (exact) mass is 1040 g/mol. The number of piperidine rings is 1. The first-order chi connectivity index (χ1) is 34.3. The van der Waals surface area contributed by atoms with E-state index in [0.29, 0.717) is 80.7 Å². The van der Waals surface area contributed by atoms with Crippen molar-refractivity contribution in [2.45, 2.75) is 117 Å². The fraction of sp³-hybridized carbons (Fsp3) is 0.547. The SMILES string of the molecule is COC(=O)c1nc(N(CCCCCN(C)C2CCN(C(=O)OC(C)(C)C)CC2)c2cc(C)c(/N=c3\sc4ccccc4n3COCC[Si](C)(C)C)nn2)sc1CCCOc1ccc(C#CCN(C)C)cc1F. The molecule has 1 saturated heterocycles. The van der Waals surface area contributed by atoms with Crippen LogP contribution in [0.4, 0.5) is 26.0 Å². The van der Waals surface area contributed by atoms with E-state index in [1.165, 1.54) is 24.5 Å². The molecule has 390 valence electrons. The lowest BCUT2D eigenvalue weighted by Crippen LogP contribution is -2.47. The van der Waals surface area contributed by atoms with Crippen molar-refractivity contribution in [2.24, 2.45) is 4.99 Å². The first-order valence-electron chi connectivity index (χ1n) is 24.9. The summed E-state index contributed by atoms with van der Waals surface area (Å²) in [6.45, 7) is 19.4.